The molecule has 0 atom stereocenters. The molecule has 0 aliphatic heterocycles. The number of ether oxygens (including phenoxy) is 1. The first-order chi connectivity index (χ1) is 9.63. The zero-order valence-electron chi connectivity index (χ0n) is 10.7. The molecule has 0 aliphatic rings. The number of carbonyl (C=O) groups excluding carboxylic acids is 1. The van der Waals surface area contributed by atoms with Gasteiger partial charge in [-0.1, -0.05) is 11.6 Å². The minimum atomic E-state index is -0.312. The summed E-state index contributed by atoms with van der Waals surface area (Å²) >= 11 is 5.91. The number of pyridine rings is 1. The number of nitrogen functional groups attached to an aromatic ring is 1. The minimum absolute atomic E-state index is 0.273. The number of rotatable bonds is 4. The van der Waals surface area contributed by atoms with Crippen LogP contribution in [0.4, 0.5) is 11.5 Å². The van der Waals surface area contributed by atoms with Crippen molar-refractivity contribution in [1.29, 1.82) is 0 Å². The molecular weight excluding hydrogens is 280 g/mol. The lowest BCUT2D eigenvalue weighted by atomic mass is 10.2. The molecule has 2 rings (SSSR count). The molecule has 1 heterocycles. The van der Waals surface area contributed by atoms with Crippen LogP contribution in [0.15, 0.2) is 36.5 Å². The summed E-state index contributed by atoms with van der Waals surface area (Å²) in [5.74, 6) is 5.93. The zero-order valence-corrected chi connectivity index (χ0v) is 11.4. The first kappa shape index (κ1) is 14.1. The van der Waals surface area contributed by atoms with Crippen LogP contribution in [0.2, 0.25) is 5.02 Å². The van der Waals surface area contributed by atoms with E-state index in [4.69, 9.17) is 22.2 Å². The van der Waals surface area contributed by atoms with Crippen LogP contribution in [-0.4, -0.2) is 18.0 Å². The standard InChI is InChI=1S/C13H13ClN4O2/c1-20-10-4-2-9(3-5-10)17-13(19)8-6-11(14)12(18-15)16-7-8/h2-7H,15H2,1H3,(H,16,18)(H,17,19). The number of methoxy groups -OCH3 is 1. The molecule has 0 saturated carbocycles. The summed E-state index contributed by atoms with van der Waals surface area (Å²) in [6.07, 6.45) is 1.39. The fourth-order valence-corrected chi connectivity index (χ4v) is 1.77. The van der Waals surface area contributed by atoms with Crippen molar-refractivity contribution in [1.82, 2.24) is 4.98 Å². The molecular formula is C13H13ClN4O2. The number of amides is 1. The van der Waals surface area contributed by atoms with Gasteiger partial charge in [0.05, 0.1) is 17.7 Å². The van der Waals surface area contributed by atoms with E-state index in [9.17, 15) is 4.79 Å². The van der Waals surface area contributed by atoms with Crippen molar-refractivity contribution >= 4 is 29.0 Å². The Morgan fingerprint density at radius 1 is 1.35 bits per heavy atom. The quantitative estimate of drug-likeness (QED) is 0.594. The van der Waals surface area contributed by atoms with Crippen LogP contribution in [-0.2, 0) is 0 Å². The van der Waals surface area contributed by atoms with Gasteiger partial charge in [0.1, 0.15) is 5.75 Å². The second-order valence-corrected chi connectivity index (χ2v) is 4.29. The average molecular weight is 293 g/mol. The molecule has 0 aliphatic carbocycles. The van der Waals surface area contributed by atoms with E-state index in [1.54, 1.807) is 31.4 Å². The smallest absolute Gasteiger partial charge is 0.257 e. The molecule has 0 saturated heterocycles. The van der Waals surface area contributed by atoms with Gasteiger partial charge in [-0.15, -0.1) is 0 Å². The number of hydrogen-bond donors (Lipinski definition) is 3. The summed E-state index contributed by atoms with van der Waals surface area (Å²) in [6.45, 7) is 0. The third kappa shape index (κ3) is 3.17. The Balaban J connectivity index is 2.12. The molecule has 1 amide bonds. The summed E-state index contributed by atoms with van der Waals surface area (Å²) < 4.78 is 5.04. The minimum Gasteiger partial charge on any atom is -0.497 e. The number of carbonyl (C=O) groups is 1. The average Bonchev–Trinajstić information content (AvgIpc) is 2.48. The number of nitrogens with zero attached hydrogens (tertiary/aromatic N) is 1. The summed E-state index contributed by atoms with van der Waals surface area (Å²) in [4.78, 5) is 16.0. The zero-order chi connectivity index (χ0) is 14.5. The van der Waals surface area contributed by atoms with Crippen LogP contribution in [0.5, 0.6) is 5.75 Å². The van der Waals surface area contributed by atoms with E-state index in [1.807, 2.05) is 0 Å². The van der Waals surface area contributed by atoms with Crippen molar-refractivity contribution in [3.63, 3.8) is 0 Å². The summed E-state index contributed by atoms with van der Waals surface area (Å²) in [6, 6.07) is 8.47. The molecule has 0 spiro atoms. The maximum absolute atomic E-state index is 12.0. The number of hydrogen-bond acceptors (Lipinski definition) is 5. The topological polar surface area (TPSA) is 89.3 Å². The largest absolute Gasteiger partial charge is 0.497 e. The van der Waals surface area contributed by atoms with Gasteiger partial charge in [-0.2, -0.15) is 0 Å². The number of nitrogens with one attached hydrogen (secondary N) is 2. The molecule has 0 fully saturated rings. The predicted molar refractivity (Wildman–Crippen MR) is 78.0 cm³/mol. The lowest BCUT2D eigenvalue weighted by molar-refractivity contribution is 0.102. The van der Waals surface area contributed by atoms with Gasteiger partial charge in [0, 0.05) is 11.9 Å². The summed E-state index contributed by atoms with van der Waals surface area (Å²) in [7, 11) is 1.58. The highest BCUT2D eigenvalue weighted by molar-refractivity contribution is 6.33. The highest BCUT2D eigenvalue weighted by atomic mass is 35.5. The molecule has 104 valence electrons. The van der Waals surface area contributed by atoms with Crippen molar-refractivity contribution in [2.45, 2.75) is 0 Å². The molecule has 1 aromatic carbocycles. The fraction of sp³-hybridized carbons (Fsp3) is 0.0769. The van der Waals surface area contributed by atoms with Gasteiger partial charge in [0.25, 0.3) is 5.91 Å². The Bertz CT molecular complexity index is 616. The Morgan fingerprint density at radius 3 is 2.60 bits per heavy atom. The van der Waals surface area contributed by atoms with Crippen molar-refractivity contribution in [2.75, 3.05) is 17.9 Å². The number of halogens is 1. The number of aromatic nitrogens is 1. The highest BCUT2D eigenvalue weighted by Crippen LogP contribution is 2.20. The molecule has 6 nitrogen and oxygen atoms in total. The van der Waals surface area contributed by atoms with Gasteiger partial charge in [-0.3, -0.25) is 4.79 Å². The van der Waals surface area contributed by atoms with Gasteiger partial charge in [-0.25, -0.2) is 10.8 Å². The maximum Gasteiger partial charge on any atom is 0.257 e. The number of anilines is 2. The predicted octanol–water partition coefficient (Wildman–Crippen LogP) is 2.28. The van der Waals surface area contributed by atoms with Gasteiger partial charge < -0.3 is 15.5 Å². The van der Waals surface area contributed by atoms with Crippen LogP contribution < -0.4 is 21.3 Å². The van der Waals surface area contributed by atoms with E-state index in [2.05, 4.69) is 15.7 Å². The molecule has 0 bridgehead atoms. The van der Waals surface area contributed by atoms with Gasteiger partial charge in [-0.05, 0) is 30.3 Å². The monoisotopic (exact) mass is 292 g/mol. The van der Waals surface area contributed by atoms with E-state index >= 15 is 0 Å². The molecule has 1 aromatic heterocycles. The number of benzene rings is 1. The third-order valence-corrected chi connectivity index (χ3v) is 2.88. The molecule has 0 radical (unpaired) electrons. The lowest BCUT2D eigenvalue weighted by Gasteiger charge is -2.07. The van der Waals surface area contributed by atoms with E-state index in [-0.39, 0.29) is 10.9 Å². The van der Waals surface area contributed by atoms with Crippen molar-refractivity contribution < 1.29 is 9.53 Å². The van der Waals surface area contributed by atoms with Crippen LogP contribution in [0.1, 0.15) is 10.4 Å². The van der Waals surface area contributed by atoms with Crippen LogP contribution in [0.25, 0.3) is 0 Å². The molecule has 0 unspecified atom stereocenters. The van der Waals surface area contributed by atoms with Crippen LogP contribution in [0, 0.1) is 0 Å². The maximum atomic E-state index is 12.0. The Kier molecular flexibility index (Phi) is 4.39. The third-order valence-electron chi connectivity index (χ3n) is 2.59. The second-order valence-electron chi connectivity index (χ2n) is 3.88. The lowest BCUT2D eigenvalue weighted by Crippen LogP contribution is -2.14. The highest BCUT2D eigenvalue weighted by Gasteiger charge is 2.10. The first-order valence-corrected chi connectivity index (χ1v) is 6.09. The van der Waals surface area contributed by atoms with Crippen molar-refractivity contribution in [3.05, 3.63) is 47.1 Å². The number of hydrazine groups is 1. The van der Waals surface area contributed by atoms with Gasteiger partial charge in [0.2, 0.25) is 0 Å². The first-order valence-electron chi connectivity index (χ1n) is 5.71. The SMILES string of the molecule is COc1ccc(NC(=O)c2cnc(NN)c(Cl)c2)cc1. The molecule has 7 heteroatoms. The summed E-state index contributed by atoms with van der Waals surface area (Å²) in [5, 5.41) is 3.00. The van der Waals surface area contributed by atoms with E-state index in [0.29, 0.717) is 22.8 Å². The van der Waals surface area contributed by atoms with Crippen molar-refractivity contribution in [3.8, 4) is 5.75 Å². The van der Waals surface area contributed by atoms with E-state index in [0.717, 1.165) is 0 Å². The molecule has 4 N–H and O–H groups in total. The van der Waals surface area contributed by atoms with Crippen molar-refractivity contribution in [2.24, 2.45) is 5.84 Å². The second kappa shape index (κ2) is 6.23. The molecule has 2 aromatic rings. The summed E-state index contributed by atoms with van der Waals surface area (Å²) in [5.41, 5.74) is 3.32. The van der Waals surface area contributed by atoms with Gasteiger partial charge >= 0.3 is 0 Å². The Labute approximate surface area is 120 Å². The van der Waals surface area contributed by atoms with E-state index < -0.39 is 0 Å². The molecule has 20 heavy (non-hydrogen) atoms. The fourth-order valence-electron chi connectivity index (χ4n) is 1.55. The van der Waals surface area contributed by atoms with Gasteiger partial charge in [0.15, 0.2) is 5.82 Å². The Morgan fingerprint density at radius 2 is 2.05 bits per heavy atom. The van der Waals surface area contributed by atoms with Crippen LogP contribution >= 0.6 is 11.6 Å². The van der Waals surface area contributed by atoms with E-state index in [1.165, 1.54) is 12.3 Å². The number of nitrogens with two attached hydrogens (primary N) is 1. The van der Waals surface area contributed by atoms with Crippen LogP contribution in [0.3, 0.4) is 0 Å². The normalized spacial score (nSPS) is 9.95. The Hall–Kier alpha value is -2.31.